The van der Waals surface area contributed by atoms with Crippen molar-refractivity contribution in [2.45, 2.75) is 32.1 Å². The Morgan fingerprint density at radius 3 is 2.52 bits per heavy atom. The number of aryl methyl sites for hydroxylation is 1. The molecular formula is C20H21N. The molecule has 0 atom stereocenters. The molecule has 21 heavy (non-hydrogen) atoms. The van der Waals surface area contributed by atoms with E-state index in [1.54, 1.807) is 0 Å². The number of fused-ring (bicyclic) bond motifs is 3. The summed E-state index contributed by atoms with van der Waals surface area (Å²) in [5.41, 5.74) is 6.68. The van der Waals surface area contributed by atoms with Crippen molar-refractivity contribution in [1.82, 2.24) is 4.57 Å². The largest absolute Gasteiger partial charge is 0.344 e. The van der Waals surface area contributed by atoms with Crippen LogP contribution in [0.1, 0.15) is 43.2 Å². The maximum absolute atomic E-state index is 4.21. The molecule has 1 heteroatoms. The lowest BCUT2D eigenvalue weighted by atomic mass is 9.77. The van der Waals surface area contributed by atoms with Gasteiger partial charge in [-0.25, -0.2) is 0 Å². The maximum atomic E-state index is 4.21. The summed E-state index contributed by atoms with van der Waals surface area (Å²) in [7, 11) is 2.16. The van der Waals surface area contributed by atoms with Crippen molar-refractivity contribution in [3.63, 3.8) is 0 Å². The van der Waals surface area contributed by atoms with Crippen LogP contribution in [0, 0.1) is 0 Å². The maximum Gasteiger partial charge on any atom is 0.0495 e. The SMILES string of the molecule is C=C(C)c1cc2c(cc1C1CCC1)c1ccccc1n2C. The average molecular weight is 275 g/mol. The number of hydrogen-bond donors (Lipinski definition) is 0. The van der Waals surface area contributed by atoms with E-state index in [2.05, 4.69) is 61.5 Å². The minimum atomic E-state index is 0.736. The molecule has 1 aromatic heterocycles. The summed E-state index contributed by atoms with van der Waals surface area (Å²) >= 11 is 0. The monoisotopic (exact) mass is 275 g/mol. The summed E-state index contributed by atoms with van der Waals surface area (Å²) in [5, 5.41) is 2.75. The highest BCUT2D eigenvalue weighted by Crippen LogP contribution is 2.42. The van der Waals surface area contributed by atoms with E-state index in [-0.39, 0.29) is 0 Å². The molecule has 0 aliphatic heterocycles. The Morgan fingerprint density at radius 2 is 1.86 bits per heavy atom. The Balaban J connectivity index is 2.10. The number of benzene rings is 2. The zero-order chi connectivity index (χ0) is 14.6. The molecule has 0 unspecified atom stereocenters. The first-order valence-corrected chi connectivity index (χ1v) is 7.84. The molecule has 1 aliphatic rings. The minimum Gasteiger partial charge on any atom is -0.344 e. The summed E-state index contributed by atoms with van der Waals surface area (Å²) in [6, 6.07) is 13.5. The molecule has 4 rings (SSSR count). The molecule has 0 amide bonds. The van der Waals surface area contributed by atoms with Crippen LogP contribution in [0.3, 0.4) is 0 Å². The molecule has 2 aromatic carbocycles. The summed E-state index contributed by atoms with van der Waals surface area (Å²) in [4.78, 5) is 0. The van der Waals surface area contributed by atoms with Gasteiger partial charge in [-0.1, -0.05) is 36.8 Å². The van der Waals surface area contributed by atoms with E-state index < -0.39 is 0 Å². The van der Waals surface area contributed by atoms with Gasteiger partial charge in [0, 0.05) is 28.9 Å². The number of nitrogens with zero attached hydrogens (tertiary/aromatic N) is 1. The summed E-state index contributed by atoms with van der Waals surface area (Å²) < 4.78 is 2.31. The first kappa shape index (κ1) is 12.7. The zero-order valence-corrected chi connectivity index (χ0v) is 12.8. The Kier molecular flexibility index (Phi) is 2.72. The molecule has 0 radical (unpaired) electrons. The number of aromatic nitrogens is 1. The Labute approximate surface area is 125 Å². The van der Waals surface area contributed by atoms with Crippen molar-refractivity contribution in [2.75, 3.05) is 0 Å². The smallest absolute Gasteiger partial charge is 0.0495 e. The van der Waals surface area contributed by atoms with Crippen LogP contribution < -0.4 is 0 Å². The fourth-order valence-corrected chi connectivity index (χ4v) is 3.65. The highest BCUT2D eigenvalue weighted by molar-refractivity contribution is 6.09. The van der Waals surface area contributed by atoms with Crippen LogP contribution >= 0.6 is 0 Å². The fourth-order valence-electron chi connectivity index (χ4n) is 3.65. The van der Waals surface area contributed by atoms with Gasteiger partial charge in [-0.3, -0.25) is 0 Å². The Hall–Kier alpha value is -2.02. The number of allylic oxidation sites excluding steroid dienone is 1. The second-order valence-corrected chi connectivity index (χ2v) is 6.44. The van der Waals surface area contributed by atoms with E-state index >= 15 is 0 Å². The van der Waals surface area contributed by atoms with Gasteiger partial charge in [0.25, 0.3) is 0 Å². The molecule has 1 heterocycles. The first-order chi connectivity index (χ1) is 10.2. The lowest BCUT2D eigenvalue weighted by Gasteiger charge is -2.28. The molecule has 3 aromatic rings. The van der Waals surface area contributed by atoms with Crippen LogP contribution in [0.4, 0.5) is 0 Å². The van der Waals surface area contributed by atoms with E-state index in [4.69, 9.17) is 0 Å². The third-order valence-corrected chi connectivity index (χ3v) is 5.09. The topological polar surface area (TPSA) is 4.93 Å². The second kappa shape index (κ2) is 4.49. The Bertz CT molecular complexity index is 862. The summed E-state index contributed by atoms with van der Waals surface area (Å²) in [5.74, 6) is 0.736. The molecule has 1 nitrogen and oxygen atoms in total. The quantitative estimate of drug-likeness (QED) is 0.571. The van der Waals surface area contributed by atoms with Crippen LogP contribution in [0.15, 0.2) is 43.0 Å². The first-order valence-electron chi connectivity index (χ1n) is 7.84. The molecule has 1 aliphatic carbocycles. The van der Waals surface area contributed by atoms with Gasteiger partial charge in [0.2, 0.25) is 0 Å². The predicted molar refractivity (Wildman–Crippen MR) is 91.7 cm³/mol. The van der Waals surface area contributed by atoms with Crippen molar-refractivity contribution in [3.05, 3.63) is 54.1 Å². The van der Waals surface area contributed by atoms with Gasteiger partial charge in [0.15, 0.2) is 0 Å². The van der Waals surface area contributed by atoms with E-state index in [0.717, 1.165) is 5.92 Å². The molecule has 0 bridgehead atoms. The standard InChI is InChI=1S/C20H21N/c1-13(2)16-12-20-18(11-17(16)14-7-6-8-14)15-9-4-5-10-19(15)21(20)3/h4-5,9-12,14H,1,6-8H2,2-3H3. The van der Waals surface area contributed by atoms with Crippen molar-refractivity contribution < 1.29 is 0 Å². The minimum absolute atomic E-state index is 0.736. The van der Waals surface area contributed by atoms with E-state index in [9.17, 15) is 0 Å². The molecule has 0 N–H and O–H groups in total. The highest BCUT2D eigenvalue weighted by atomic mass is 14.9. The van der Waals surface area contributed by atoms with Crippen LogP contribution in [0.5, 0.6) is 0 Å². The van der Waals surface area contributed by atoms with Crippen molar-refractivity contribution in [3.8, 4) is 0 Å². The van der Waals surface area contributed by atoms with Gasteiger partial charge >= 0.3 is 0 Å². The van der Waals surface area contributed by atoms with Crippen molar-refractivity contribution >= 4 is 27.4 Å². The lowest BCUT2D eigenvalue weighted by Crippen LogP contribution is -2.10. The molecule has 1 fully saturated rings. The lowest BCUT2D eigenvalue weighted by molar-refractivity contribution is 0.419. The van der Waals surface area contributed by atoms with Crippen LogP contribution in [0.2, 0.25) is 0 Å². The van der Waals surface area contributed by atoms with Crippen LogP contribution in [-0.4, -0.2) is 4.57 Å². The second-order valence-electron chi connectivity index (χ2n) is 6.44. The van der Waals surface area contributed by atoms with Gasteiger partial charge in [-0.2, -0.15) is 0 Å². The molecular weight excluding hydrogens is 254 g/mol. The summed E-state index contributed by atoms with van der Waals surface area (Å²) in [6.07, 6.45) is 4.03. The number of rotatable bonds is 2. The average Bonchev–Trinajstić information content (AvgIpc) is 2.70. The van der Waals surface area contributed by atoms with Gasteiger partial charge in [0.05, 0.1) is 0 Å². The zero-order valence-electron chi connectivity index (χ0n) is 12.8. The van der Waals surface area contributed by atoms with E-state index in [1.165, 1.54) is 57.8 Å². The number of hydrogen-bond acceptors (Lipinski definition) is 0. The van der Waals surface area contributed by atoms with E-state index in [1.807, 2.05) is 0 Å². The normalized spacial score (nSPS) is 15.5. The third kappa shape index (κ3) is 1.77. The molecule has 106 valence electrons. The highest BCUT2D eigenvalue weighted by Gasteiger charge is 2.24. The van der Waals surface area contributed by atoms with E-state index in [0.29, 0.717) is 0 Å². The molecule has 0 saturated heterocycles. The van der Waals surface area contributed by atoms with Crippen molar-refractivity contribution in [2.24, 2.45) is 7.05 Å². The summed E-state index contributed by atoms with van der Waals surface area (Å²) in [6.45, 7) is 6.34. The van der Waals surface area contributed by atoms with Gasteiger partial charge in [0.1, 0.15) is 0 Å². The predicted octanol–water partition coefficient (Wildman–Crippen LogP) is 5.63. The van der Waals surface area contributed by atoms with Gasteiger partial charge in [-0.05, 0) is 55.0 Å². The molecule has 0 spiro atoms. The molecule has 1 saturated carbocycles. The Morgan fingerprint density at radius 1 is 1.10 bits per heavy atom. The van der Waals surface area contributed by atoms with Gasteiger partial charge in [-0.15, -0.1) is 0 Å². The van der Waals surface area contributed by atoms with Crippen LogP contribution in [0.25, 0.3) is 27.4 Å². The van der Waals surface area contributed by atoms with Crippen LogP contribution in [-0.2, 0) is 7.05 Å². The fraction of sp³-hybridized carbons (Fsp3) is 0.300. The third-order valence-electron chi connectivity index (χ3n) is 5.09. The number of para-hydroxylation sites is 1. The van der Waals surface area contributed by atoms with Gasteiger partial charge < -0.3 is 4.57 Å². The van der Waals surface area contributed by atoms with Crippen molar-refractivity contribution in [1.29, 1.82) is 0 Å².